The topological polar surface area (TPSA) is 51.6 Å². The summed E-state index contributed by atoms with van der Waals surface area (Å²) in [5.41, 5.74) is 4.04. The summed E-state index contributed by atoms with van der Waals surface area (Å²) in [5.74, 6) is 0.543. The van der Waals surface area contributed by atoms with E-state index in [0.29, 0.717) is 16.3 Å². The van der Waals surface area contributed by atoms with Gasteiger partial charge in [0.2, 0.25) is 0 Å². The molecule has 0 bridgehead atoms. The lowest BCUT2D eigenvalue weighted by Gasteiger charge is -2.13. The van der Waals surface area contributed by atoms with Crippen molar-refractivity contribution >= 4 is 64.9 Å². The molecule has 12 rings (SSSR count). The fourth-order valence-corrected chi connectivity index (χ4v) is 7.86. The van der Waals surface area contributed by atoms with Crippen LogP contribution in [-0.4, -0.2) is 19.9 Å². The minimum atomic E-state index is -0.564. The molecule has 4 nitrogen and oxygen atoms in total. The first kappa shape index (κ1) is 26.0. The molecule has 0 atom stereocenters. The number of benzene rings is 10. The summed E-state index contributed by atoms with van der Waals surface area (Å²) in [7, 11) is 0. The molecular formula is C56H36N4. The van der Waals surface area contributed by atoms with Crippen molar-refractivity contribution < 1.29 is 13.7 Å². The maximum absolute atomic E-state index is 8.48. The Labute approximate surface area is 361 Å². The zero-order chi connectivity index (χ0) is 48.5. The highest BCUT2D eigenvalue weighted by Crippen LogP contribution is 2.37. The number of hydrogen-bond acceptors (Lipinski definition) is 4. The molecule has 0 amide bonds. The van der Waals surface area contributed by atoms with Gasteiger partial charge in [-0.2, -0.15) is 0 Å². The van der Waals surface area contributed by atoms with Crippen LogP contribution in [0.1, 0.15) is 13.7 Å². The molecule has 0 fully saturated rings. The van der Waals surface area contributed by atoms with Crippen molar-refractivity contribution in [2.24, 2.45) is 0 Å². The van der Waals surface area contributed by atoms with Crippen LogP contribution in [0.3, 0.4) is 0 Å². The van der Waals surface area contributed by atoms with E-state index in [0.717, 1.165) is 49.7 Å². The number of nitrogens with zero attached hydrogens (tertiary/aromatic N) is 4. The molecule has 0 aliphatic carbocycles. The van der Waals surface area contributed by atoms with Crippen molar-refractivity contribution in [1.82, 2.24) is 19.9 Å². The highest BCUT2D eigenvalue weighted by atomic mass is 14.9. The number of fused-ring (bicyclic) bond motifs is 8. The smallest absolute Gasteiger partial charge is 0.161 e. The third kappa shape index (κ3) is 6.37. The molecule has 2 heterocycles. The summed E-state index contributed by atoms with van der Waals surface area (Å²) < 4.78 is 81.9. The van der Waals surface area contributed by atoms with E-state index in [-0.39, 0.29) is 22.6 Å². The quantitative estimate of drug-likeness (QED) is 0.167. The Bertz CT molecular complexity index is 4100. The molecule has 0 spiro atoms. The predicted octanol–water partition coefficient (Wildman–Crippen LogP) is 14.5. The first-order valence-electron chi connectivity index (χ1n) is 24.4. The third-order valence-electron chi connectivity index (χ3n) is 10.7. The fourth-order valence-electron chi connectivity index (χ4n) is 7.86. The van der Waals surface area contributed by atoms with Gasteiger partial charge < -0.3 is 0 Å². The molecule has 0 aliphatic heterocycles. The van der Waals surface area contributed by atoms with Gasteiger partial charge in [0.15, 0.2) is 11.6 Å². The summed E-state index contributed by atoms with van der Waals surface area (Å²) in [4.78, 5) is 19.4. The van der Waals surface area contributed by atoms with Gasteiger partial charge in [0.25, 0.3) is 0 Å². The van der Waals surface area contributed by atoms with E-state index in [1.165, 1.54) is 21.5 Å². The van der Waals surface area contributed by atoms with E-state index in [2.05, 4.69) is 131 Å². The van der Waals surface area contributed by atoms with Gasteiger partial charge in [-0.15, -0.1) is 0 Å². The van der Waals surface area contributed by atoms with Crippen molar-refractivity contribution in [3.05, 3.63) is 218 Å². The Balaban J connectivity index is 0.000000153. The molecule has 280 valence electrons. The van der Waals surface area contributed by atoms with E-state index >= 15 is 0 Å². The molecule has 0 unspecified atom stereocenters. The van der Waals surface area contributed by atoms with Crippen molar-refractivity contribution in [3.8, 4) is 45.3 Å². The molecule has 0 N–H and O–H groups in total. The molecule has 0 radical (unpaired) electrons. The van der Waals surface area contributed by atoms with E-state index in [4.69, 9.17) is 23.7 Å². The minimum Gasteiger partial charge on any atom is -0.227 e. The molecule has 10 aromatic carbocycles. The molecule has 0 aliphatic rings. The van der Waals surface area contributed by atoms with Gasteiger partial charge in [0, 0.05) is 43.8 Å². The number of rotatable bonds is 4. The largest absolute Gasteiger partial charge is 0.227 e. The van der Waals surface area contributed by atoms with Crippen LogP contribution in [0.4, 0.5) is 0 Å². The fraction of sp³-hybridized carbons (Fsp3) is 0. The highest BCUT2D eigenvalue weighted by Gasteiger charge is 2.16. The van der Waals surface area contributed by atoms with Gasteiger partial charge in [0.1, 0.15) is 0 Å². The zero-order valence-corrected chi connectivity index (χ0v) is 31.8. The molecule has 0 saturated heterocycles. The normalized spacial score (nSPS) is 13.7. The SMILES string of the molecule is [2H]c1c([2H])c([2H])c(-c2nc(-c3c([2H])c([2H])c([2H])c([2H])c3[2H])c3ccc4ccccc4c3n2)c([2H])c1[2H].c1ccc2cc(-c3nc(-c4cccc5ccccc45)nc4c3ccc3ccccc34)ccc2c1. The van der Waals surface area contributed by atoms with Crippen LogP contribution < -0.4 is 0 Å². The van der Waals surface area contributed by atoms with Crippen LogP contribution in [0.25, 0.3) is 110 Å². The number of aromatic nitrogens is 4. The first-order valence-corrected chi connectivity index (χ1v) is 19.4. The molecule has 2 aromatic heterocycles. The molecule has 4 heteroatoms. The summed E-state index contributed by atoms with van der Waals surface area (Å²) in [5, 5.41) is 10.0. The second-order valence-corrected chi connectivity index (χ2v) is 14.2. The van der Waals surface area contributed by atoms with E-state index in [1.54, 1.807) is 24.3 Å². The van der Waals surface area contributed by atoms with E-state index in [1.807, 2.05) is 12.1 Å². The zero-order valence-electron chi connectivity index (χ0n) is 41.8. The van der Waals surface area contributed by atoms with Gasteiger partial charge in [-0.05, 0) is 50.5 Å². The van der Waals surface area contributed by atoms with Crippen LogP contribution in [0, 0.1) is 0 Å². The average Bonchev–Trinajstić information content (AvgIpc) is 3.40. The van der Waals surface area contributed by atoms with Gasteiger partial charge in [-0.1, -0.05) is 200 Å². The highest BCUT2D eigenvalue weighted by molar-refractivity contribution is 6.11. The van der Waals surface area contributed by atoms with Gasteiger partial charge in [-0.25, -0.2) is 19.9 Å². The Hall–Kier alpha value is -8.08. The second kappa shape index (κ2) is 15.0. The summed E-state index contributed by atoms with van der Waals surface area (Å²) >= 11 is 0. The second-order valence-electron chi connectivity index (χ2n) is 14.2. The number of hydrogen-bond donors (Lipinski definition) is 0. The van der Waals surface area contributed by atoms with E-state index < -0.39 is 60.4 Å². The maximum Gasteiger partial charge on any atom is 0.161 e. The van der Waals surface area contributed by atoms with Crippen LogP contribution in [0.5, 0.6) is 0 Å². The first-order chi connectivity index (χ1) is 33.9. The minimum absolute atomic E-state index is 0.00423. The molecular weight excluding hydrogens is 729 g/mol. The van der Waals surface area contributed by atoms with Gasteiger partial charge in [0.05, 0.1) is 36.1 Å². The lowest BCUT2D eigenvalue weighted by molar-refractivity contribution is 1.23. The molecule has 0 saturated carbocycles. The Morgan fingerprint density at radius 3 is 1.42 bits per heavy atom. The van der Waals surface area contributed by atoms with Crippen LogP contribution in [0.15, 0.2) is 218 Å². The monoisotopic (exact) mass is 774 g/mol. The lowest BCUT2D eigenvalue weighted by atomic mass is 9.98. The lowest BCUT2D eigenvalue weighted by Crippen LogP contribution is -1.96. The standard InChI is InChI=1S/C32H20N2.C24H16N2/c1-2-11-24-20-25(17-16-21(24)8-1)30-29-19-18-23-10-4-6-14-27(23)31(29)34-32(33-30)28-15-7-12-22-9-3-5-13-26(22)28;1-3-10-18(11-4-1)22-21-16-15-17-9-7-8-14-20(17)23(21)26-24(25-22)19-12-5-2-6-13-19/h1-20H;1-16H/i;1D,2D,3D,4D,5D,6D,10D,11D,12D,13D. The van der Waals surface area contributed by atoms with Crippen molar-refractivity contribution in [3.63, 3.8) is 0 Å². The Morgan fingerprint density at radius 2 is 0.767 bits per heavy atom. The summed E-state index contributed by atoms with van der Waals surface area (Å²) in [6.45, 7) is 0. The van der Waals surface area contributed by atoms with Crippen LogP contribution in [-0.2, 0) is 0 Å². The van der Waals surface area contributed by atoms with Crippen LogP contribution >= 0.6 is 0 Å². The predicted molar refractivity (Wildman–Crippen MR) is 251 cm³/mol. The average molecular weight is 775 g/mol. The van der Waals surface area contributed by atoms with Crippen molar-refractivity contribution in [2.75, 3.05) is 0 Å². The van der Waals surface area contributed by atoms with Gasteiger partial charge >= 0.3 is 0 Å². The van der Waals surface area contributed by atoms with Gasteiger partial charge in [-0.3, -0.25) is 0 Å². The Kier molecular flexibility index (Phi) is 6.51. The summed E-state index contributed by atoms with van der Waals surface area (Å²) in [6, 6.07) is 48.1. The third-order valence-corrected chi connectivity index (χ3v) is 10.7. The van der Waals surface area contributed by atoms with E-state index in [9.17, 15) is 0 Å². The molecule has 60 heavy (non-hydrogen) atoms. The maximum atomic E-state index is 8.48. The van der Waals surface area contributed by atoms with Crippen molar-refractivity contribution in [2.45, 2.75) is 0 Å². The van der Waals surface area contributed by atoms with Crippen molar-refractivity contribution in [1.29, 1.82) is 0 Å². The molecule has 12 aromatic rings. The summed E-state index contributed by atoms with van der Waals surface area (Å²) in [6.07, 6.45) is 0. The Morgan fingerprint density at radius 1 is 0.300 bits per heavy atom. The van der Waals surface area contributed by atoms with Crippen LogP contribution in [0.2, 0.25) is 0 Å².